The highest BCUT2D eigenvalue weighted by Crippen LogP contribution is 2.54. The zero-order valence-electron chi connectivity index (χ0n) is 39.5. The Labute approximate surface area is 416 Å². The number of nitrogens with zero attached hydrogens (tertiary/aromatic N) is 1. The van der Waals surface area contributed by atoms with Crippen molar-refractivity contribution in [1.29, 1.82) is 0 Å². The topological polar surface area (TPSA) is 3.24 Å². The van der Waals surface area contributed by atoms with E-state index < -0.39 is 0 Å². The molecule has 0 amide bonds. The summed E-state index contributed by atoms with van der Waals surface area (Å²) in [6.07, 6.45) is 0. The van der Waals surface area contributed by atoms with Gasteiger partial charge in [0, 0.05) is 22.5 Å². The van der Waals surface area contributed by atoms with Gasteiger partial charge >= 0.3 is 0 Å². The molecule has 334 valence electrons. The lowest BCUT2D eigenvalue weighted by atomic mass is 9.74. The Bertz CT molecular complexity index is 3860. The van der Waals surface area contributed by atoms with E-state index in [1.165, 1.54) is 82.7 Å². The first-order chi connectivity index (χ1) is 35.1. The van der Waals surface area contributed by atoms with Crippen LogP contribution in [0.3, 0.4) is 0 Å². The van der Waals surface area contributed by atoms with E-state index in [-0.39, 0.29) is 5.41 Å². The lowest BCUT2D eigenvalue weighted by Crippen LogP contribution is -2.22. The fourth-order valence-electron chi connectivity index (χ4n) is 11.5. The third-order valence-corrected chi connectivity index (χ3v) is 14.9. The van der Waals surface area contributed by atoms with Gasteiger partial charge in [-0.05, 0) is 160 Å². The summed E-state index contributed by atoms with van der Waals surface area (Å²) in [6, 6.07) is 103. The molecule has 0 aromatic heterocycles. The molecule has 1 atom stereocenters. The van der Waals surface area contributed by atoms with Crippen LogP contribution in [0.5, 0.6) is 0 Å². The molecule has 0 aliphatic heterocycles. The van der Waals surface area contributed by atoms with E-state index in [1.807, 2.05) is 0 Å². The van der Waals surface area contributed by atoms with Crippen molar-refractivity contribution >= 4 is 38.6 Å². The minimum absolute atomic E-state index is 0.359. The Kier molecular flexibility index (Phi) is 10.4. The van der Waals surface area contributed by atoms with Crippen molar-refractivity contribution in [1.82, 2.24) is 0 Å². The molecule has 0 heterocycles. The summed E-state index contributed by atoms with van der Waals surface area (Å²) < 4.78 is 0. The molecule has 0 bridgehead atoms. The molecule has 12 aromatic rings. The first-order valence-corrected chi connectivity index (χ1v) is 24.7. The molecule has 1 heteroatoms. The minimum Gasteiger partial charge on any atom is -0.310 e. The Morgan fingerprint density at radius 3 is 1.37 bits per heavy atom. The van der Waals surface area contributed by atoms with E-state index in [2.05, 4.69) is 291 Å². The van der Waals surface area contributed by atoms with E-state index in [4.69, 9.17) is 0 Å². The normalized spacial score (nSPS) is 13.8. The van der Waals surface area contributed by atoms with Gasteiger partial charge in [0.2, 0.25) is 0 Å². The van der Waals surface area contributed by atoms with E-state index in [0.29, 0.717) is 0 Å². The highest BCUT2D eigenvalue weighted by atomic mass is 15.1. The number of fused-ring (bicyclic) bond motifs is 6. The number of hydrogen-bond donors (Lipinski definition) is 0. The maximum absolute atomic E-state index is 2.48. The van der Waals surface area contributed by atoms with Gasteiger partial charge in [-0.15, -0.1) is 0 Å². The summed E-state index contributed by atoms with van der Waals surface area (Å²) in [7, 11) is 0. The van der Waals surface area contributed by atoms with E-state index in [1.54, 1.807) is 0 Å². The lowest BCUT2D eigenvalue weighted by Gasteiger charge is -2.31. The van der Waals surface area contributed by atoms with E-state index in [0.717, 1.165) is 39.3 Å². The standard InChI is InChI=1S/C70H49N/c1-70(56-31-15-6-16-32-56)66-37-20-19-35-62(66)63-41-39-58(47-67(63)70)71(59-44-54(48-22-7-2-8-23-48)42-55(45-59)49-24-9-3-10-25-49)57-33-21-30-52(43-57)53-38-40-61-60-34-17-18-36-64(60)68(50-26-11-4-12-27-50)69(65(61)46-53)51-28-13-5-14-29-51/h2-47H,1H3. The third-order valence-electron chi connectivity index (χ3n) is 14.9. The number of benzene rings is 12. The molecule has 1 unspecified atom stereocenters. The van der Waals surface area contributed by atoms with Gasteiger partial charge < -0.3 is 4.90 Å². The maximum atomic E-state index is 2.48. The van der Waals surface area contributed by atoms with E-state index in [9.17, 15) is 0 Å². The quantitative estimate of drug-likeness (QED) is 0.130. The summed E-state index contributed by atoms with van der Waals surface area (Å²) in [5.41, 5.74) is 21.3. The fourth-order valence-corrected chi connectivity index (χ4v) is 11.5. The fraction of sp³-hybridized carbons (Fsp3) is 0.0286. The highest BCUT2D eigenvalue weighted by molar-refractivity contribution is 6.22. The molecule has 1 aliphatic rings. The molecule has 0 radical (unpaired) electrons. The van der Waals surface area contributed by atoms with Gasteiger partial charge in [0.1, 0.15) is 0 Å². The van der Waals surface area contributed by atoms with Gasteiger partial charge in [0.25, 0.3) is 0 Å². The zero-order chi connectivity index (χ0) is 47.3. The van der Waals surface area contributed by atoms with Crippen LogP contribution in [-0.4, -0.2) is 0 Å². The summed E-state index contributed by atoms with van der Waals surface area (Å²) in [5.74, 6) is 0. The Morgan fingerprint density at radius 1 is 0.254 bits per heavy atom. The number of anilines is 3. The molecule has 1 nitrogen and oxygen atoms in total. The van der Waals surface area contributed by atoms with Gasteiger partial charge in [-0.2, -0.15) is 0 Å². The van der Waals surface area contributed by atoms with Gasteiger partial charge in [0.05, 0.1) is 0 Å². The maximum Gasteiger partial charge on any atom is 0.0473 e. The van der Waals surface area contributed by atoms with Gasteiger partial charge in [0.15, 0.2) is 0 Å². The van der Waals surface area contributed by atoms with Crippen molar-refractivity contribution < 1.29 is 0 Å². The van der Waals surface area contributed by atoms with Crippen LogP contribution in [0.4, 0.5) is 17.1 Å². The predicted molar refractivity (Wildman–Crippen MR) is 301 cm³/mol. The smallest absolute Gasteiger partial charge is 0.0473 e. The molecule has 12 aromatic carbocycles. The summed E-state index contributed by atoms with van der Waals surface area (Å²) >= 11 is 0. The minimum atomic E-state index is -0.359. The average molecular weight is 904 g/mol. The first kappa shape index (κ1) is 42.1. The molecule has 13 rings (SSSR count). The van der Waals surface area contributed by atoms with Gasteiger partial charge in [-0.25, -0.2) is 0 Å². The third kappa shape index (κ3) is 7.25. The van der Waals surface area contributed by atoms with Crippen LogP contribution < -0.4 is 4.90 Å². The molecule has 0 fully saturated rings. The molecule has 1 aliphatic carbocycles. The van der Waals surface area contributed by atoms with Crippen LogP contribution in [0, 0.1) is 0 Å². The molecule has 0 spiro atoms. The largest absolute Gasteiger partial charge is 0.310 e. The van der Waals surface area contributed by atoms with Crippen LogP contribution in [-0.2, 0) is 5.41 Å². The van der Waals surface area contributed by atoms with Crippen LogP contribution in [0.2, 0.25) is 0 Å². The Hall–Kier alpha value is -9.04. The van der Waals surface area contributed by atoms with Crippen LogP contribution >= 0.6 is 0 Å². The molecule has 0 saturated carbocycles. The monoisotopic (exact) mass is 903 g/mol. The van der Waals surface area contributed by atoms with Gasteiger partial charge in [-0.1, -0.05) is 231 Å². The van der Waals surface area contributed by atoms with Crippen molar-refractivity contribution in [3.63, 3.8) is 0 Å². The lowest BCUT2D eigenvalue weighted by molar-refractivity contribution is 0.714. The first-order valence-electron chi connectivity index (χ1n) is 24.7. The SMILES string of the molecule is CC1(c2ccccc2)c2ccccc2-c2ccc(N(c3cccc(-c4ccc5c(c4)c(-c4ccccc4)c(-c4ccccc4)c4ccccc45)c3)c3cc(-c4ccccc4)cc(-c4ccccc4)c3)cc21. The highest BCUT2D eigenvalue weighted by Gasteiger charge is 2.41. The zero-order valence-corrected chi connectivity index (χ0v) is 39.5. The van der Waals surface area contributed by atoms with Crippen LogP contribution in [0.1, 0.15) is 23.6 Å². The van der Waals surface area contributed by atoms with Crippen LogP contribution in [0.15, 0.2) is 279 Å². The second kappa shape index (κ2) is 17.5. The summed E-state index contributed by atoms with van der Waals surface area (Å²) in [5, 5.41) is 4.98. The second-order valence-corrected chi connectivity index (χ2v) is 18.9. The molecular weight excluding hydrogens is 855 g/mol. The molecule has 71 heavy (non-hydrogen) atoms. The molecule has 0 saturated heterocycles. The summed E-state index contributed by atoms with van der Waals surface area (Å²) in [4.78, 5) is 2.48. The molecule has 0 N–H and O–H groups in total. The Balaban J connectivity index is 1.05. The average Bonchev–Trinajstić information content (AvgIpc) is 3.71. The van der Waals surface area contributed by atoms with Crippen molar-refractivity contribution in [2.24, 2.45) is 0 Å². The number of rotatable bonds is 9. The van der Waals surface area contributed by atoms with Gasteiger partial charge in [-0.3, -0.25) is 0 Å². The predicted octanol–water partition coefficient (Wildman–Crippen LogP) is 19.1. The van der Waals surface area contributed by atoms with Crippen molar-refractivity contribution in [3.05, 3.63) is 296 Å². The molecular formula is C70H49N. The summed E-state index contributed by atoms with van der Waals surface area (Å²) in [6.45, 7) is 2.40. The second-order valence-electron chi connectivity index (χ2n) is 18.9. The van der Waals surface area contributed by atoms with Crippen LogP contribution in [0.25, 0.3) is 88.3 Å². The van der Waals surface area contributed by atoms with E-state index >= 15 is 0 Å². The van der Waals surface area contributed by atoms with Crippen molar-refractivity contribution in [3.8, 4) is 66.8 Å². The van der Waals surface area contributed by atoms with Crippen molar-refractivity contribution in [2.45, 2.75) is 12.3 Å². The number of hydrogen-bond acceptors (Lipinski definition) is 1. The Morgan fingerprint density at radius 2 is 0.718 bits per heavy atom. The van der Waals surface area contributed by atoms with Crippen molar-refractivity contribution in [2.75, 3.05) is 4.90 Å².